The van der Waals surface area contributed by atoms with E-state index >= 15 is 0 Å². The first-order chi connectivity index (χ1) is 9.61. The Kier molecular flexibility index (Phi) is 5.20. The third-order valence-electron chi connectivity index (χ3n) is 3.65. The highest BCUT2D eigenvalue weighted by atomic mass is 35.5. The monoisotopic (exact) mass is 297 g/mol. The van der Waals surface area contributed by atoms with Crippen LogP contribution in [0.15, 0.2) is 12.3 Å². The summed E-state index contributed by atoms with van der Waals surface area (Å²) in [6.07, 6.45) is 4.55. The molecule has 1 unspecified atom stereocenters. The Hall–Kier alpha value is -1.33. The number of halogens is 1. The third-order valence-corrected chi connectivity index (χ3v) is 3.96. The van der Waals surface area contributed by atoms with Gasteiger partial charge in [-0.2, -0.15) is 0 Å². The van der Waals surface area contributed by atoms with Gasteiger partial charge in [0.05, 0.1) is 10.6 Å². The maximum absolute atomic E-state index is 12.4. The van der Waals surface area contributed by atoms with Gasteiger partial charge in [0, 0.05) is 33.0 Å². The summed E-state index contributed by atoms with van der Waals surface area (Å²) in [6.45, 7) is 2.27. The van der Waals surface area contributed by atoms with E-state index in [1.165, 1.54) is 6.20 Å². The molecule has 0 radical (unpaired) electrons. The predicted molar refractivity (Wildman–Crippen MR) is 78.8 cm³/mol. The van der Waals surface area contributed by atoms with Crippen molar-refractivity contribution in [2.75, 3.05) is 32.5 Å². The van der Waals surface area contributed by atoms with Crippen LogP contribution in [-0.4, -0.2) is 42.6 Å². The number of nitrogen functional groups attached to an aromatic ring is 1. The molecule has 6 heteroatoms. The quantitative estimate of drug-likeness (QED) is 0.929. The fourth-order valence-electron chi connectivity index (χ4n) is 2.52. The zero-order valence-corrected chi connectivity index (χ0v) is 12.4. The second kappa shape index (κ2) is 6.90. The number of amides is 1. The number of aromatic nitrogens is 1. The lowest BCUT2D eigenvalue weighted by Gasteiger charge is -2.20. The molecule has 0 saturated carbocycles. The molecule has 1 aliphatic heterocycles. The molecule has 0 aliphatic carbocycles. The number of nitrogens with zero attached hydrogens (tertiary/aromatic N) is 2. The molecule has 2 N–H and O–H groups in total. The Morgan fingerprint density at radius 3 is 3.05 bits per heavy atom. The maximum atomic E-state index is 12.4. The topological polar surface area (TPSA) is 68.5 Å². The summed E-state index contributed by atoms with van der Waals surface area (Å²) >= 11 is 5.92. The van der Waals surface area contributed by atoms with E-state index in [2.05, 4.69) is 4.98 Å². The summed E-state index contributed by atoms with van der Waals surface area (Å²) in [7, 11) is 1.72. The van der Waals surface area contributed by atoms with Gasteiger partial charge in [-0.15, -0.1) is 0 Å². The van der Waals surface area contributed by atoms with Crippen molar-refractivity contribution in [2.24, 2.45) is 5.92 Å². The summed E-state index contributed by atoms with van der Waals surface area (Å²) in [6, 6.07) is 1.59. The van der Waals surface area contributed by atoms with E-state index in [-0.39, 0.29) is 11.7 Å². The molecule has 1 saturated heterocycles. The zero-order chi connectivity index (χ0) is 14.5. The normalized spacial score (nSPS) is 19.7. The Morgan fingerprint density at radius 2 is 2.35 bits per heavy atom. The number of hydrogen-bond donors (Lipinski definition) is 1. The van der Waals surface area contributed by atoms with E-state index in [0.29, 0.717) is 16.5 Å². The van der Waals surface area contributed by atoms with Crippen molar-refractivity contribution in [1.29, 1.82) is 0 Å². The van der Waals surface area contributed by atoms with E-state index in [1.54, 1.807) is 13.2 Å². The molecule has 0 bridgehead atoms. The Balaban J connectivity index is 2.03. The fraction of sp³-hybridized carbons (Fsp3) is 0.571. The van der Waals surface area contributed by atoms with Crippen LogP contribution in [0, 0.1) is 5.92 Å². The SMILES string of the molecule is COCC1CCCN(C(=O)c2cnc(N)c(Cl)c2)CC1. The number of likely N-dealkylation sites (tertiary alicyclic amines) is 1. The fourth-order valence-corrected chi connectivity index (χ4v) is 2.69. The maximum Gasteiger partial charge on any atom is 0.255 e. The van der Waals surface area contributed by atoms with Crippen LogP contribution in [0.1, 0.15) is 29.6 Å². The van der Waals surface area contributed by atoms with Gasteiger partial charge in [-0.25, -0.2) is 4.98 Å². The summed E-state index contributed by atoms with van der Waals surface area (Å²) in [5, 5.41) is 0.322. The van der Waals surface area contributed by atoms with Crippen molar-refractivity contribution in [2.45, 2.75) is 19.3 Å². The minimum absolute atomic E-state index is 0.0301. The molecule has 110 valence electrons. The van der Waals surface area contributed by atoms with Crippen LogP contribution in [0.25, 0.3) is 0 Å². The van der Waals surface area contributed by atoms with Crippen molar-refractivity contribution in [3.05, 3.63) is 22.8 Å². The molecule has 1 aromatic heterocycles. The van der Waals surface area contributed by atoms with Crippen LogP contribution in [0.4, 0.5) is 5.82 Å². The molecule has 20 heavy (non-hydrogen) atoms. The lowest BCUT2D eigenvalue weighted by atomic mass is 10.0. The second-order valence-corrected chi connectivity index (χ2v) is 5.54. The lowest BCUT2D eigenvalue weighted by molar-refractivity contribution is 0.0755. The van der Waals surface area contributed by atoms with Gasteiger partial charge in [0.25, 0.3) is 5.91 Å². The highest BCUT2D eigenvalue weighted by Crippen LogP contribution is 2.21. The molecule has 5 nitrogen and oxygen atoms in total. The standard InChI is InChI=1S/C14H20ClN3O2/c1-20-9-10-3-2-5-18(6-4-10)14(19)11-7-12(15)13(16)17-8-11/h7-8,10H,2-6,9H2,1H3,(H2,16,17). The van der Waals surface area contributed by atoms with Crippen LogP contribution in [0.5, 0.6) is 0 Å². The Morgan fingerprint density at radius 1 is 1.55 bits per heavy atom. The minimum atomic E-state index is -0.0301. The summed E-state index contributed by atoms with van der Waals surface area (Å²) in [5.74, 6) is 0.752. The third kappa shape index (κ3) is 3.61. The van der Waals surface area contributed by atoms with Crippen molar-refractivity contribution >= 4 is 23.3 Å². The molecule has 2 rings (SSSR count). The largest absolute Gasteiger partial charge is 0.384 e. The minimum Gasteiger partial charge on any atom is -0.384 e. The molecular formula is C14H20ClN3O2. The molecule has 1 aromatic rings. The summed E-state index contributed by atoms with van der Waals surface area (Å²) in [5.41, 5.74) is 6.06. The van der Waals surface area contributed by atoms with Gasteiger partial charge in [0.2, 0.25) is 0 Å². The van der Waals surface area contributed by atoms with E-state index < -0.39 is 0 Å². The van der Waals surface area contributed by atoms with E-state index in [4.69, 9.17) is 22.1 Å². The molecule has 1 atom stereocenters. The summed E-state index contributed by atoms with van der Waals surface area (Å²) in [4.78, 5) is 18.2. The number of pyridine rings is 1. The number of ether oxygens (including phenoxy) is 1. The van der Waals surface area contributed by atoms with E-state index in [1.807, 2.05) is 4.90 Å². The van der Waals surface area contributed by atoms with Gasteiger partial charge in [0.1, 0.15) is 5.82 Å². The average molecular weight is 298 g/mol. The van der Waals surface area contributed by atoms with E-state index in [0.717, 1.165) is 39.0 Å². The first kappa shape index (κ1) is 15.1. The highest BCUT2D eigenvalue weighted by Gasteiger charge is 2.22. The van der Waals surface area contributed by atoms with Crippen molar-refractivity contribution in [3.63, 3.8) is 0 Å². The molecule has 2 heterocycles. The number of carbonyl (C=O) groups is 1. The van der Waals surface area contributed by atoms with Gasteiger partial charge in [-0.3, -0.25) is 4.79 Å². The number of anilines is 1. The first-order valence-corrected chi connectivity index (χ1v) is 7.19. The van der Waals surface area contributed by atoms with E-state index in [9.17, 15) is 4.79 Å². The van der Waals surface area contributed by atoms with Crippen LogP contribution in [-0.2, 0) is 4.74 Å². The van der Waals surface area contributed by atoms with Crippen LogP contribution in [0.2, 0.25) is 5.02 Å². The number of rotatable bonds is 3. The number of hydrogen-bond acceptors (Lipinski definition) is 4. The lowest BCUT2D eigenvalue weighted by Crippen LogP contribution is -2.32. The van der Waals surface area contributed by atoms with Crippen molar-refractivity contribution < 1.29 is 9.53 Å². The van der Waals surface area contributed by atoms with Crippen LogP contribution >= 0.6 is 11.6 Å². The molecule has 1 aliphatic rings. The first-order valence-electron chi connectivity index (χ1n) is 6.81. The van der Waals surface area contributed by atoms with Crippen LogP contribution in [0.3, 0.4) is 0 Å². The van der Waals surface area contributed by atoms with Gasteiger partial charge >= 0.3 is 0 Å². The number of nitrogens with two attached hydrogens (primary N) is 1. The summed E-state index contributed by atoms with van der Waals surface area (Å²) < 4.78 is 5.20. The Bertz CT molecular complexity index is 481. The van der Waals surface area contributed by atoms with Gasteiger partial charge in [-0.1, -0.05) is 11.6 Å². The van der Waals surface area contributed by atoms with Gasteiger partial charge in [-0.05, 0) is 31.2 Å². The molecule has 1 amide bonds. The van der Waals surface area contributed by atoms with Crippen LogP contribution < -0.4 is 5.73 Å². The van der Waals surface area contributed by atoms with Crippen molar-refractivity contribution in [3.8, 4) is 0 Å². The van der Waals surface area contributed by atoms with Crippen molar-refractivity contribution in [1.82, 2.24) is 9.88 Å². The highest BCUT2D eigenvalue weighted by molar-refractivity contribution is 6.33. The van der Waals surface area contributed by atoms with Gasteiger partial charge in [0.15, 0.2) is 0 Å². The second-order valence-electron chi connectivity index (χ2n) is 5.14. The molecule has 0 spiro atoms. The molecule has 1 fully saturated rings. The van der Waals surface area contributed by atoms with Gasteiger partial charge < -0.3 is 15.4 Å². The molecule has 0 aromatic carbocycles. The number of methoxy groups -OCH3 is 1. The smallest absolute Gasteiger partial charge is 0.255 e. The average Bonchev–Trinajstić information content (AvgIpc) is 2.67. The Labute approximate surface area is 124 Å². The molecular weight excluding hydrogens is 278 g/mol. The number of carbonyl (C=O) groups excluding carboxylic acids is 1. The zero-order valence-electron chi connectivity index (χ0n) is 11.6. The predicted octanol–water partition coefficient (Wildman–Crippen LogP) is 2.21.